The number of carbonyl (C=O) groups is 1. The van der Waals surface area contributed by atoms with Crippen molar-refractivity contribution in [2.75, 3.05) is 39.7 Å². The Morgan fingerprint density at radius 1 is 0.868 bits per heavy atom. The van der Waals surface area contributed by atoms with Crippen LogP contribution in [0.3, 0.4) is 0 Å². The Bertz CT molecular complexity index is 1220. The van der Waals surface area contributed by atoms with Gasteiger partial charge < -0.3 is 24.3 Å². The number of nitrogens with one attached hydrogen (secondary N) is 1. The van der Waals surface area contributed by atoms with Crippen molar-refractivity contribution in [3.05, 3.63) is 36.4 Å². The van der Waals surface area contributed by atoms with E-state index in [2.05, 4.69) is 29.4 Å². The van der Waals surface area contributed by atoms with Crippen LogP contribution in [0.1, 0.15) is 34.1 Å². The summed E-state index contributed by atoms with van der Waals surface area (Å²) in [5.41, 5.74) is 2.70. The highest BCUT2D eigenvalue weighted by atomic mass is 32.2. The monoisotopic (exact) mass is 540 g/mol. The van der Waals surface area contributed by atoms with Crippen LogP contribution in [-0.2, 0) is 4.79 Å². The summed E-state index contributed by atoms with van der Waals surface area (Å²) in [4.78, 5) is 17.1. The summed E-state index contributed by atoms with van der Waals surface area (Å²) >= 11 is 1.24. The van der Waals surface area contributed by atoms with Crippen LogP contribution in [0.5, 0.6) is 23.0 Å². The molecule has 38 heavy (non-hydrogen) atoms. The van der Waals surface area contributed by atoms with Gasteiger partial charge in [0.05, 0.1) is 33.2 Å². The van der Waals surface area contributed by atoms with E-state index in [1.54, 1.807) is 14.2 Å². The van der Waals surface area contributed by atoms with Crippen molar-refractivity contribution in [3.8, 4) is 45.5 Å². The first kappa shape index (κ1) is 29.0. The molecule has 0 spiro atoms. The topological polar surface area (TPSA) is 105 Å². The SMILES string of the molecule is CCOc1cc(-c2nnc(SCC(=O)NCCC(C)C)nc2-c2ccc(OC)c(OCC)c2)ccc1OC. The third-order valence-corrected chi connectivity index (χ3v) is 6.35. The highest BCUT2D eigenvalue weighted by Crippen LogP contribution is 2.38. The van der Waals surface area contributed by atoms with E-state index in [4.69, 9.17) is 23.9 Å². The predicted molar refractivity (Wildman–Crippen MR) is 149 cm³/mol. The van der Waals surface area contributed by atoms with Crippen LogP contribution in [0.15, 0.2) is 41.6 Å². The largest absolute Gasteiger partial charge is 0.493 e. The van der Waals surface area contributed by atoms with Crippen LogP contribution in [0.2, 0.25) is 0 Å². The molecule has 0 atom stereocenters. The number of hydrogen-bond acceptors (Lipinski definition) is 9. The minimum Gasteiger partial charge on any atom is -0.493 e. The average molecular weight is 541 g/mol. The molecule has 0 aliphatic carbocycles. The second-order valence-electron chi connectivity index (χ2n) is 8.71. The van der Waals surface area contributed by atoms with Gasteiger partial charge in [0.1, 0.15) is 11.4 Å². The van der Waals surface area contributed by atoms with Crippen LogP contribution < -0.4 is 24.3 Å². The van der Waals surface area contributed by atoms with Gasteiger partial charge in [0.15, 0.2) is 23.0 Å². The summed E-state index contributed by atoms with van der Waals surface area (Å²) in [6, 6.07) is 11.2. The second-order valence-corrected chi connectivity index (χ2v) is 9.65. The van der Waals surface area contributed by atoms with Gasteiger partial charge in [0.25, 0.3) is 0 Å². The molecule has 9 nitrogen and oxygen atoms in total. The fraction of sp³-hybridized carbons (Fsp3) is 0.429. The maximum Gasteiger partial charge on any atom is 0.230 e. The molecule has 1 heterocycles. The van der Waals surface area contributed by atoms with E-state index in [0.717, 1.165) is 17.5 Å². The zero-order valence-electron chi connectivity index (χ0n) is 22.9. The molecule has 3 aromatic rings. The Labute approximate surface area is 228 Å². The van der Waals surface area contributed by atoms with Crippen LogP contribution in [0.4, 0.5) is 0 Å². The lowest BCUT2D eigenvalue weighted by atomic mass is 10.0. The number of carbonyl (C=O) groups excluding carboxylic acids is 1. The fourth-order valence-corrected chi connectivity index (χ4v) is 4.25. The molecular weight excluding hydrogens is 504 g/mol. The number of aromatic nitrogens is 3. The van der Waals surface area contributed by atoms with E-state index in [1.165, 1.54) is 11.8 Å². The van der Waals surface area contributed by atoms with Gasteiger partial charge in [-0.1, -0.05) is 25.6 Å². The molecule has 0 saturated heterocycles. The first-order valence-corrected chi connectivity index (χ1v) is 13.6. The zero-order valence-corrected chi connectivity index (χ0v) is 23.7. The van der Waals surface area contributed by atoms with Crippen LogP contribution in [0, 0.1) is 5.92 Å². The number of hydrogen-bond donors (Lipinski definition) is 1. The van der Waals surface area contributed by atoms with Crippen molar-refractivity contribution >= 4 is 17.7 Å². The summed E-state index contributed by atoms with van der Waals surface area (Å²) < 4.78 is 22.5. The molecule has 0 unspecified atom stereocenters. The molecule has 1 amide bonds. The van der Waals surface area contributed by atoms with Crippen LogP contribution in [-0.4, -0.2) is 60.8 Å². The Hall–Kier alpha value is -3.53. The molecule has 2 aromatic carbocycles. The van der Waals surface area contributed by atoms with E-state index in [1.807, 2.05) is 50.2 Å². The molecule has 0 aliphatic heterocycles. The Balaban J connectivity index is 2.00. The standard InChI is InChI=1S/C28H36N4O5S/c1-7-36-23-15-19(9-11-21(23)34-5)26-27(20-10-12-22(35-6)24(16-20)37-8-2)31-32-28(30-26)38-17-25(33)29-14-13-18(3)4/h9-12,15-16,18H,7-8,13-14,17H2,1-6H3,(H,29,33). The summed E-state index contributed by atoms with van der Waals surface area (Å²) in [5, 5.41) is 12.2. The van der Waals surface area contributed by atoms with Crippen molar-refractivity contribution in [1.29, 1.82) is 0 Å². The number of amides is 1. The van der Waals surface area contributed by atoms with Gasteiger partial charge in [-0.3, -0.25) is 4.79 Å². The Morgan fingerprint density at radius 3 is 1.97 bits per heavy atom. The number of benzene rings is 2. The lowest BCUT2D eigenvalue weighted by molar-refractivity contribution is -0.118. The maximum atomic E-state index is 12.3. The predicted octanol–water partition coefficient (Wildman–Crippen LogP) is 5.27. The lowest BCUT2D eigenvalue weighted by Gasteiger charge is -2.15. The van der Waals surface area contributed by atoms with Crippen LogP contribution in [0.25, 0.3) is 22.5 Å². The number of methoxy groups -OCH3 is 2. The number of rotatable bonds is 14. The minimum absolute atomic E-state index is 0.0653. The quantitative estimate of drug-likeness (QED) is 0.274. The number of nitrogens with zero attached hydrogens (tertiary/aromatic N) is 3. The number of thioether (sulfide) groups is 1. The highest BCUT2D eigenvalue weighted by molar-refractivity contribution is 7.99. The summed E-state index contributed by atoms with van der Waals surface area (Å²) in [6.45, 7) is 9.69. The van der Waals surface area contributed by atoms with Gasteiger partial charge in [-0.05, 0) is 62.6 Å². The van der Waals surface area contributed by atoms with Crippen molar-refractivity contribution in [3.63, 3.8) is 0 Å². The highest BCUT2D eigenvalue weighted by Gasteiger charge is 2.19. The normalized spacial score (nSPS) is 10.8. The van der Waals surface area contributed by atoms with Gasteiger partial charge in [0, 0.05) is 17.7 Å². The molecule has 0 saturated carbocycles. The first-order chi connectivity index (χ1) is 18.4. The maximum absolute atomic E-state index is 12.3. The minimum atomic E-state index is -0.0653. The van der Waals surface area contributed by atoms with E-state index >= 15 is 0 Å². The Kier molecular flexibility index (Phi) is 11.0. The second kappa shape index (κ2) is 14.4. The molecule has 0 fully saturated rings. The van der Waals surface area contributed by atoms with E-state index in [0.29, 0.717) is 65.2 Å². The van der Waals surface area contributed by atoms with Gasteiger partial charge in [0.2, 0.25) is 11.1 Å². The molecule has 0 radical (unpaired) electrons. The van der Waals surface area contributed by atoms with Crippen molar-refractivity contribution in [2.24, 2.45) is 5.92 Å². The van der Waals surface area contributed by atoms with E-state index in [-0.39, 0.29) is 11.7 Å². The van der Waals surface area contributed by atoms with E-state index < -0.39 is 0 Å². The first-order valence-electron chi connectivity index (χ1n) is 12.7. The molecule has 3 rings (SSSR count). The molecule has 0 aliphatic rings. The molecule has 10 heteroatoms. The van der Waals surface area contributed by atoms with Gasteiger partial charge in [-0.15, -0.1) is 10.2 Å². The molecule has 1 N–H and O–H groups in total. The van der Waals surface area contributed by atoms with E-state index in [9.17, 15) is 4.79 Å². The number of ether oxygens (including phenoxy) is 4. The third kappa shape index (κ3) is 7.74. The summed E-state index contributed by atoms with van der Waals surface area (Å²) in [6.07, 6.45) is 0.929. The summed E-state index contributed by atoms with van der Waals surface area (Å²) in [7, 11) is 3.20. The smallest absolute Gasteiger partial charge is 0.230 e. The van der Waals surface area contributed by atoms with Gasteiger partial charge in [-0.2, -0.15) is 0 Å². The summed E-state index contributed by atoms with van der Waals surface area (Å²) in [5.74, 6) is 3.10. The average Bonchev–Trinajstić information content (AvgIpc) is 2.92. The fourth-order valence-electron chi connectivity index (χ4n) is 3.63. The molecule has 1 aromatic heterocycles. The van der Waals surface area contributed by atoms with Crippen molar-refractivity contribution in [2.45, 2.75) is 39.3 Å². The molecule has 0 bridgehead atoms. The Morgan fingerprint density at radius 2 is 1.45 bits per heavy atom. The molecule has 204 valence electrons. The lowest BCUT2D eigenvalue weighted by Crippen LogP contribution is -2.27. The van der Waals surface area contributed by atoms with Crippen molar-refractivity contribution in [1.82, 2.24) is 20.5 Å². The third-order valence-electron chi connectivity index (χ3n) is 5.52. The zero-order chi connectivity index (χ0) is 27.5. The van der Waals surface area contributed by atoms with Gasteiger partial charge >= 0.3 is 0 Å². The van der Waals surface area contributed by atoms with Crippen LogP contribution >= 0.6 is 11.8 Å². The molecular formula is C28H36N4O5S. The van der Waals surface area contributed by atoms with Gasteiger partial charge in [-0.25, -0.2) is 4.98 Å². The van der Waals surface area contributed by atoms with Crippen molar-refractivity contribution < 1.29 is 23.7 Å².